The van der Waals surface area contributed by atoms with Crippen LogP contribution < -0.4 is 5.32 Å². The molecule has 3 amide bonds. The third-order valence-electron chi connectivity index (χ3n) is 4.73. The Labute approximate surface area is 177 Å². The molecule has 1 N–H and O–H groups in total. The Bertz CT molecular complexity index is 1180. The largest absolute Gasteiger partial charge is 0.342 e. The number of para-hydroxylation sites is 1. The highest BCUT2D eigenvalue weighted by Crippen LogP contribution is 2.27. The number of carbonyl (C=O) groups is 2. The van der Waals surface area contributed by atoms with Gasteiger partial charge in [0.15, 0.2) is 0 Å². The molecular weight excluding hydrogens is 409 g/mol. The highest BCUT2D eigenvalue weighted by molar-refractivity contribution is 6.42. The number of carbonyl (C=O) groups excluding carboxylic acids is 2. The van der Waals surface area contributed by atoms with Gasteiger partial charge in [0, 0.05) is 35.8 Å². The second kappa shape index (κ2) is 7.78. The van der Waals surface area contributed by atoms with Gasteiger partial charge < -0.3 is 9.88 Å². The van der Waals surface area contributed by atoms with Crippen molar-refractivity contribution in [2.45, 2.75) is 6.54 Å². The number of nitrogens with zero attached hydrogens (tertiary/aromatic N) is 2. The van der Waals surface area contributed by atoms with Gasteiger partial charge in [-0.05, 0) is 29.8 Å². The predicted octanol–water partition coefficient (Wildman–Crippen LogP) is 5.08. The minimum absolute atomic E-state index is 0.168. The van der Waals surface area contributed by atoms with Gasteiger partial charge in [0.25, 0.3) is 5.91 Å². The van der Waals surface area contributed by atoms with Crippen LogP contribution in [-0.2, 0) is 11.3 Å². The van der Waals surface area contributed by atoms with Crippen LogP contribution >= 0.6 is 23.2 Å². The standard InChI is InChI=1S/C22H17Cl2N3O2/c1-2-9-27-21(28)19(25-22(27)29)11-15-13-26(20-6-4-3-5-16(15)20)12-14-7-8-17(23)18(24)10-14/h2-8,10-11,13H,1,9,12H2,(H,25,29)/b19-11+. The summed E-state index contributed by atoms with van der Waals surface area (Å²) in [5, 5.41) is 4.63. The van der Waals surface area contributed by atoms with Crippen molar-refractivity contribution in [1.29, 1.82) is 0 Å². The van der Waals surface area contributed by atoms with Crippen molar-refractivity contribution < 1.29 is 9.59 Å². The normalized spacial score (nSPS) is 15.4. The van der Waals surface area contributed by atoms with E-state index in [0.717, 1.165) is 26.9 Å². The van der Waals surface area contributed by atoms with Crippen LogP contribution in [0.4, 0.5) is 4.79 Å². The molecule has 0 spiro atoms. The van der Waals surface area contributed by atoms with E-state index in [1.807, 2.05) is 42.6 Å². The molecule has 0 bridgehead atoms. The Morgan fingerprint density at radius 1 is 1.07 bits per heavy atom. The first-order chi connectivity index (χ1) is 14.0. The first-order valence-corrected chi connectivity index (χ1v) is 9.71. The van der Waals surface area contributed by atoms with Gasteiger partial charge in [-0.25, -0.2) is 4.79 Å². The lowest BCUT2D eigenvalue weighted by Crippen LogP contribution is -2.30. The second-order valence-corrected chi connectivity index (χ2v) is 7.48. The zero-order chi connectivity index (χ0) is 20.5. The zero-order valence-electron chi connectivity index (χ0n) is 15.4. The van der Waals surface area contributed by atoms with Crippen LogP contribution in [-0.4, -0.2) is 28.0 Å². The third kappa shape index (κ3) is 3.67. The SMILES string of the molecule is C=CCN1C(=O)N/C(=C/c2cn(Cc3ccc(Cl)c(Cl)c3)c3ccccc23)C1=O. The van der Waals surface area contributed by atoms with E-state index in [4.69, 9.17) is 23.2 Å². The van der Waals surface area contributed by atoms with Crippen molar-refractivity contribution in [2.24, 2.45) is 0 Å². The highest BCUT2D eigenvalue weighted by Gasteiger charge is 2.32. The van der Waals surface area contributed by atoms with Gasteiger partial charge in [0.1, 0.15) is 5.70 Å². The molecule has 0 aliphatic carbocycles. The zero-order valence-corrected chi connectivity index (χ0v) is 16.9. The number of amides is 3. The maximum absolute atomic E-state index is 12.5. The topological polar surface area (TPSA) is 54.3 Å². The molecule has 0 radical (unpaired) electrons. The molecule has 5 nitrogen and oxygen atoms in total. The molecule has 2 heterocycles. The number of hydrogen-bond donors (Lipinski definition) is 1. The van der Waals surface area contributed by atoms with Crippen LogP contribution in [0.3, 0.4) is 0 Å². The quantitative estimate of drug-likeness (QED) is 0.352. The van der Waals surface area contributed by atoms with E-state index in [-0.39, 0.29) is 18.1 Å². The lowest BCUT2D eigenvalue weighted by Gasteiger charge is -2.07. The van der Waals surface area contributed by atoms with Crippen molar-refractivity contribution in [3.63, 3.8) is 0 Å². The van der Waals surface area contributed by atoms with Crippen LogP contribution in [0.2, 0.25) is 10.0 Å². The first kappa shape index (κ1) is 19.3. The number of hydrogen-bond acceptors (Lipinski definition) is 2. The van der Waals surface area contributed by atoms with E-state index in [1.165, 1.54) is 6.08 Å². The summed E-state index contributed by atoms with van der Waals surface area (Å²) in [7, 11) is 0. The van der Waals surface area contributed by atoms with Crippen molar-refractivity contribution in [2.75, 3.05) is 6.54 Å². The van der Waals surface area contributed by atoms with E-state index >= 15 is 0 Å². The molecule has 0 saturated carbocycles. The van der Waals surface area contributed by atoms with Crippen LogP contribution in [0.5, 0.6) is 0 Å². The lowest BCUT2D eigenvalue weighted by atomic mass is 10.1. The Balaban J connectivity index is 1.73. The molecule has 4 rings (SSSR count). The fraction of sp³-hybridized carbons (Fsp3) is 0.0909. The third-order valence-corrected chi connectivity index (χ3v) is 5.47. The molecule has 0 atom stereocenters. The molecule has 1 saturated heterocycles. The number of halogens is 2. The maximum atomic E-state index is 12.5. The first-order valence-electron chi connectivity index (χ1n) is 8.95. The average molecular weight is 426 g/mol. The summed E-state index contributed by atoms with van der Waals surface area (Å²) in [6.45, 7) is 4.34. The van der Waals surface area contributed by atoms with Crippen LogP contribution in [0.25, 0.3) is 17.0 Å². The van der Waals surface area contributed by atoms with E-state index in [9.17, 15) is 9.59 Å². The number of urea groups is 1. The fourth-order valence-corrected chi connectivity index (χ4v) is 3.70. The number of benzene rings is 2. The molecule has 2 aromatic carbocycles. The van der Waals surface area contributed by atoms with E-state index in [1.54, 1.807) is 12.1 Å². The smallest absolute Gasteiger partial charge is 0.329 e. The molecular formula is C22H17Cl2N3O2. The Morgan fingerprint density at radius 3 is 2.62 bits per heavy atom. The summed E-state index contributed by atoms with van der Waals surface area (Å²) in [6.07, 6.45) is 5.18. The van der Waals surface area contributed by atoms with Gasteiger partial charge in [-0.1, -0.05) is 53.5 Å². The van der Waals surface area contributed by atoms with E-state index in [2.05, 4.69) is 16.5 Å². The second-order valence-electron chi connectivity index (χ2n) is 6.67. The summed E-state index contributed by atoms with van der Waals surface area (Å²) < 4.78 is 2.07. The molecule has 1 aliphatic heterocycles. The van der Waals surface area contributed by atoms with Gasteiger partial charge in [-0.15, -0.1) is 6.58 Å². The summed E-state index contributed by atoms with van der Waals surface area (Å²) in [6, 6.07) is 13.0. The summed E-state index contributed by atoms with van der Waals surface area (Å²) >= 11 is 12.2. The van der Waals surface area contributed by atoms with Gasteiger partial charge in [-0.2, -0.15) is 0 Å². The highest BCUT2D eigenvalue weighted by atomic mass is 35.5. The number of imide groups is 1. The van der Waals surface area contributed by atoms with E-state index in [0.29, 0.717) is 16.6 Å². The average Bonchev–Trinajstić information content (AvgIpc) is 3.18. The van der Waals surface area contributed by atoms with Crippen LogP contribution in [0, 0.1) is 0 Å². The Hall–Kier alpha value is -3.02. The Kier molecular flexibility index (Phi) is 5.18. The molecule has 0 unspecified atom stereocenters. The van der Waals surface area contributed by atoms with Crippen molar-refractivity contribution >= 4 is 52.1 Å². The number of fused-ring (bicyclic) bond motifs is 1. The maximum Gasteiger partial charge on any atom is 0.329 e. The molecule has 1 aliphatic rings. The van der Waals surface area contributed by atoms with Crippen molar-refractivity contribution in [3.8, 4) is 0 Å². The monoisotopic (exact) mass is 425 g/mol. The van der Waals surface area contributed by atoms with Crippen LogP contribution in [0.1, 0.15) is 11.1 Å². The van der Waals surface area contributed by atoms with Crippen molar-refractivity contribution in [3.05, 3.63) is 88.2 Å². The van der Waals surface area contributed by atoms with Gasteiger partial charge >= 0.3 is 6.03 Å². The summed E-state index contributed by atoms with van der Waals surface area (Å²) in [5.41, 5.74) is 3.09. The molecule has 3 aromatic rings. The van der Waals surface area contributed by atoms with Gasteiger partial charge in [0.05, 0.1) is 10.0 Å². The van der Waals surface area contributed by atoms with Crippen LogP contribution in [0.15, 0.2) is 67.0 Å². The number of aromatic nitrogens is 1. The molecule has 7 heteroatoms. The van der Waals surface area contributed by atoms with E-state index < -0.39 is 6.03 Å². The lowest BCUT2D eigenvalue weighted by molar-refractivity contribution is -0.122. The number of rotatable bonds is 5. The minimum atomic E-state index is -0.444. The summed E-state index contributed by atoms with van der Waals surface area (Å²) in [5.74, 6) is -0.365. The van der Waals surface area contributed by atoms with Gasteiger partial charge in [-0.3, -0.25) is 9.69 Å². The minimum Gasteiger partial charge on any atom is -0.342 e. The summed E-state index contributed by atoms with van der Waals surface area (Å²) in [4.78, 5) is 25.6. The molecule has 1 fully saturated rings. The van der Waals surface area contributed by atoms with Crippen molar-refractivity contribution in [1.82, 2.24) is 14.8 Å². The number of nitrogens with one attached hydrogen (secondary N) is 1. The fourth-order valence-electron chi connectivity index (χ4n) is 3.38. The predicted molar refractivity (Wildman–Crippen MR) is 116 cm³/mol. The Morgan fingerprint density at radius 2 is 1.86 bits per heavy atom. The van der Waals surface area contributed by atoms with Gasteiger partial charge in [0.2, 0.25) is 0 Å². The molecule has 146 valence electrons. The molecule has 1 aromatic heterocycles. The molecule has 29 heavy (non-hydrogen) atoms.